The standard InChI is InChI=1S/C15H18FNO/c16-11-6-4-10(5-7-11)12-2-1-3-13(12)14-8-9-15(18)17-14/h4-7,12-14H,1-3,8-9H2,(H,17,18)/t12-,13+,14?/m0/s1. The number of amides is 1. The summed E-state index contributed by atoms with van der Waals surface area (Å²) in [6.45, 7) is 0. The van der Waals surface area contributed by atoms with Gasteiger partial charge in [0.15, 0.2) is 0 Å². The van der Waals surface area contributed by atoms with Gasteiger partial charge in [0.1, 0.15) is 5.82 Å². The minimum atomic E-state index is -0.178. The lowest BCUT2D eigenvalue weighted by Crippen LogP contribution is -2.34. The fraction of sp³-hybridized carbons (Fsp3) is 0.533. The molecule has 0 spiro atoms. The summed E-state index contributed by atoms with van der Waals surface area (Å²) in [5, 5.41) is 3.09. The van der Waals surface area contributed by atoms with E-state index in [-0.39, 0.29) is 11.7 Å². The summed E-state index contributed by atoms with van der Waals surface area (Å²) in [6.07, 6.45) is 5.16. The highest BCUT2D eigenvalue weighted by Gasteiger charge is 2.37. The number of benzene rings is 1. The maximum atomic E-state index is 13.0. The second kappa shape index (κ2) is 4.71. The summed E-state index contributed by atoms with van der Waals surface area (Å²) in [6, 6.07) is 7.20. The van der Waals surface area contributed by atoms with E-state index >= 15 is 0 Å². The van der Waals surface area contributed by atoms with Crippen LogP contribution in [0.1, 0.15) is 43.6 Å². The zero-order valence-electron chi connectivity index (χ0n) is 10.4. The van der Waals surface area contributed by atoms with Crippen LogP contribution in [0.15, 0.2) is 24.3 Å². The van der Waals surface area contributed by atoms with Gasteiger partial charge in [-0.15, -0.1) is 0 Å². The van der Waals surface area contributed by atoms with Crippen molar-refractivity contribution >= 4 is 5.91 Å². The molecule has 18 heavy (non-hydrogen) atoms. The lowest BCUT2D eigenvalue weighted by Gasteiger charge is -2.25. The molecular weight excluding hydrogens is 229 g/mol. The van der Waals surface area contributed by atoms with E-state index in [4.69, 9.17) is 0 Å². The van der Waals surface area contributed by atoms with Crippen LogP contribution in [0.5, 0.6) is 0 Å². The molecule has 1 N–H and O–H groups in total. The van der Waals surface area contributed by atoms with Crippen molar-refractivity contribution in [2.75, 3.05) is 0 Å². The predicted molar refractivity (Wildman–Crippen MR) is 67.6 cm³/mol. The van der Waals surface area contributed by atoms with Crippen LogP contribution in [-0.2, 0) is 4.79 Å². The third-order valence-electron chi connectivity index (χ3n) is 4.41. The van der Waals surface area contributed by atoms with Gasteiger partial charge in [-0.05, 0) is 48.8 Å². The zero-order chi connectivity index (χ0) is 12.5. The smallest absolute Gasteiger partial charge is 0.220 e. The fourth-order valence-electron chi connectivity index (χ4n) is 3.55. The molecule has 1 saturated heterocycles. The largest absolute Gasteiger partial charge is 0.353 e. The average molecular weight is 247 g/mol. The van der Waals surface area contributed by atoms with E-state index in [1.54, 1.807) is 0 Å². The van der Waals surface area contributed by atoms with Crippen molar-refractivity contribution in [2.24, 2.45) is 5.92 Å². The van der Waals surface area contributed by atoms with Gasteiger partial charge in [0.2, 0.25) is 5.91 Å². The van der Waals surface area contributed by atoms with Crippen LogP contribution < -0.4 is 5.32 Å². The van der Waals surface area contributed by atoms with Gasteiger partial charge in [-0.2, -0.15) is 0 Å². The van der Waals surface area contributed by atoms with E-state index in [0.29, 0.717) is 24.3 Å². The molecule has 3 heteroatoms. The molecule has 0 aromatic heterocycles. The van der Waals surface area contributed by atoms with Crippen molar-refractivity contribution in [1.29, 1.82) is 0 Å². The van der Waals surface area contributed by atoms with Crippen molar-refractivity contribution in [2.45, 2.75) is 44.1 Å². The molecule has 1 aromatic carbocycles. The molecule has 2 nitrogen and oxygen atoms in total. The number of carbonyl (C=O) groups excluding carboxylic acids is 1. The first-order chi connectivity index (χ1) is 8.74. The number of carbonyl (C=O) groups is 1. The lowest BCUT2D eigenvalue weighted by molar-refractivity contribution is -0.119. The van der Waals surface area contributed by atoms with Gasteiger partial charge in [0, 0.05) is 12.5 Å². The molecule has 0 bridgehead atoms. The summed E-state index contributed by atoms with van der Waals surface area (Å²) < 4.78 is 13.0. The third kappa shape index (κ3) is 2.14. The Labute approximate surface area is 107 Å². The Bertz CT molecular complexity index is 442. The monoisotopic (exact) mass is 247 g/mol. The van der Waals surface area contributed by atoms with Crippen LogP contribution in [0, 0.1) is 11.7 Å². The normalized spacial score (nSPS) is 31.6. The Balaban J connectivity index is 1.78. The van der Waals surface area contributed by atoms with E-state index in [1.165, 1.54) is 30.5 Å². The van der Waals surface area contributed by atoms with Crippen molar-refractivity contribution in [1.82, 2.24) is 5.32 Å². The molecule has 2 fully saturated rings. The minimum absolute atomic E-state index is 0.178. The highest BCUT2D eigenvalue weighted by atomic mass is 19.1. The maximum absolute atomic E-state index is 13.0. The Morgan fingerprint density at radius 2 is 1.89 bits per heavy atom. The van der Waals surface area contributed by atoms with Crippen LogP contribution in [0.4, 0.5) is 4.39 Å². The maximum Gasteiger partial charge on any atom is 0.220 e. The van der Waals surface area contributed by atoms with Gasteiger partial charge in [-0.1, -0.05) is 18.6 Å². The first-order valence-corrected chi connectivity index (χ1v) is 6.79. The highest BCUT2D eigenvalue weighted by Crippen LogP contribution is 2.43. The average Bonchev–Trinajstić information content (AvgIpc) is 2.98. The number of hydrogen-bond acceptors (Lipinski definition) is 1. The van der Waals surface area contributed by atoms with Crippen molar-refractivity contribution < 1.29 is 9.18 Å². The Morgan fingerprint density at radius 1 is 1.11 bits per heavy atom. The zero-order valence-corrected chi connectivity index (χ0v) is 10.4. The Hall–Kier alpha value is -1.38. The topological polar surface area (TPSA) is 29.1 Å². The summed E-state index contributed by atoms with van der Waals surface area (Å²) in [5.74, 6) is 1.02. The van der Waals surface area contributed by atoms with Crippen molar-refractivity contribution in [3.63, 3.8) is 0 Å². The molecule has 3 rings (SSSR count). The predicted octanol–water partition coefficient (Wildman–Crippen LogP) is 2.99. The Morgan fingerprint density at radius 3 is 2.56 bits per heavy atom. The summed E-state index contributed by atoms with van der Waals surface area (Å²) in [7, 11) is 0. The van der Waals surface area contributed by atoms with Crippen LogP contribution in [-0.4, -0.2) is 11.9 Å². The van der Waals surface area contributed by atoms with Gasteiger partial charge in [0.25, 0.3) is 0 Å². The molecule has 96 valence electrons. The van der Waals surface area contributed by atoms with E-state index in [9.17, 15) is 9.18 Å². The van der Waals surface area contributed by atoms with Gasteiger partial charge in [-0.25, -0.2) is 4.39 Å². The summed E-state index contributed by atoms with van der Waals surface area (Å²) in [4.78, 5) is 11.3. The van der Waals surface area contributed by atoms with E-state index in [1.807, 2.05) is 12.1 Å². The molecule has 1 aliphatic carbocycles. The van der Waals surface area contributed by atoms with Crippen LogP contribution in [0.25, 0.3) is 0 Å². The van der Waals surface area contributed by atoms with Gasteiger partial charge < -0.3 is 5.32 Å². The molecule has 1 unspecified atom stereocenters. The summed E-state index contributed by atoms with van der Waals surface area (Å²) in [5.41, 5.74) is 1.22. The molecular formula is C15H18FNO. The molecule has 3 atom stereocenters. The first kappa shape index (κ1) is 11.7. The molecule has 0 radical (unpaired) electrons. The van der Waals surface area contributed by atoms with E-state index < -0.39 is 0 Å². The number of rotatable bonds is 2. The first-order valence-electron chi connectivity index (χ1n) is 6.79. The van der Waals surface area contributed by atoms with Crippen molar-refractivity contribution in [3.05, 3.63) is 35.6 Å². The van der Waals surface area contributed by atoms with Gasteiger partial charge >= 0.3 is 0 Å². The second-order valence-corrected chi connectivity index (χ2v) is 5.47. The SMILES string of the molecule is O=C1CCC([C@@H]2CCC[C@H]2c2ccc(F)cc2)N1. The van der Waals surface area contributed by atoms with E-state index in [2.05, 4.69) is 5.32 Å². The molecule has 1 heterocycles. The van der Waals surface area contributed by atoms with Gasteiger partial charge in [0.05, 0.1) is 0 Å². The van der Waals surface area contributed by atoms with Crippen LogP contribution in [0.3, 0.4) is 0 Å². The van der Waals surface area contributed by atoms with Gasteiger partial charge in [-0.3, -0.25) is 4.79 Å². The molecule has 1 aliphatic heterocycles. The number of hydrogen-bond donors (Lipinski definition) is 1. The third-order valence-corrected chi connectivity index (χ3v) is 4.41. The van der Waals surface area contributed by atoms with Crippen LogP contribution in [0.2, 0.25) is 0 Å². The second-order valence-electron chi connectivity index (χ2n) is 5.47. The number of nitrogens with one attached hydrogen (secondary N) is 1. The molecule has 1 saturated carbocycles. The van der Waals surface area contributed by atoms with Crippen LogP contribution >= 0.6 is 0 Å². The molecule has 1 aromatic rings. The number of halogens is 1. The molecule has 1 amide bonds. The summed E-state index contributed by atoms with van der Waals surface area (Å²) >= 11 is 0. The Kier molecular flexibility index (Phi) is 3.06. The highest BCUT2D eigenvalue weighted by molar-refractivity contribution is 5.78. The fourth-order valence-corrected chi connectivity index (χ4v) is 3.55. The molecule has 2 aliphatic rings. The van der Waals surface area contributed by atoms with E-state index in [0.717, 1.165) is 12.8 Å². The lowest BCUT2D eigenvalue weighted by atomic mass is 9.83. The quantitative estimate of drug-likeness (QED) is 0.855. The van der Waals surface area contributed by atoms with Crippen molar-refractivity contribution in [3.8, 4) is 0 Å². The minimum Gasteiger partial charge on any atom is -0.353 e.